The molecule has 2 aliphatic rings. The van der Waals surface area contributed by atoms with E-state index in [1.54, 1.807) is 17.5 Å². The van der Waals surface area contributed by atoms with Crippen LogP contribution in [0.4, 0.5) is 5.13 Å². The number of hydrogen-bond donors (Lipinski definition) is 1. The number of carbonyl (C=O) groups is 2. The lowest BCUT2D eigenvalue weighted by Crippen LogP contribution is -2.49. The summed E-state index contributed by atoms with van der Waals surface area (Å²) in [7, 11) is 2.15. The Bertz CT molecular complexity index is 872. The molecule has 2 amide bonds. The average Bonchev–Trinajstić information content (AvgIpc) is 3.27. The van der Waals surface area contributed by atoms with E-state index >= 15 is 0 Å². The quantitative estimate of drug-likeness (QED) is 0.655. The van der Waals surface area contributed by atoms with Crippen LogP contribution < -0.4 is 10.2 Å². The molecule has 174 valence electrons. The number of pyridine rings is 1. The van der Waals surface area contributed by atoms with Gasteiger partial charge in [0, 0.05) is 64.3 Å². The van der Waals surface area contributed by atoms with Gasteiger partial charge in [0.1, 0.15) is 10.3 Å². The Labute approximate surface area is 194 Å². The topological polar surface area (TPSA) is 81.7 Å². The van der Waals surface area contributed by atoms with E-state index in [4.69, 9.17) is 0 Å². The molecule has 1 aliphatic carbocycles. The number of anilines is 1. The van der Waals surface area contributed by atoms with Crippen molar-refractivity contribution >= 4 is 38.6 Å². The second-order valence-corrected chi connectivity index (χ2v) is 9.77. The fraction of sp³-hybridized carbons (Fsp3) is 0.652. The molecule has 1 N–H and O–H groups in total. The van der Waals surface area contributed by atoms with Crippen LogP contribution in [0.1, 0.15) is 44.9 Å². The highest BCUT2D eigenvalue weighted by atomic mass is 32.1. The molecule has 32 heavy (non-hydrogen) atoms. The van der Waals surface area contributed by atoms with Gasteiger partial charge in [-0.2, -0.15) is 0 Å². The van der Waals surface area contributed by atoms with E-state index in [1.165, 1.54) is 32.1 Å². The van der Waals surface area contributed by atoms with Crippen LogP contribution in [0.15, 0.2) is 18.3 Å². The summed E-state index contributed by atoms with van der Waals surface area (Å²) < 4.78 is 0. The SMILES string of the molecule is CN(CCNC(=O)CCC(=O)N1CCN(c2nc3cccnc3s2)CC1)C1CCCCC1. The third-order valence-electron chi connectivity index (χ3n) is 6.61. The smallest absolute Gasteiger partial charge is 0.223 e. The molecule has 1 saturated carbocycles. The number of hydrogen-bond acceptors (Lipinski definition) is 7. The Hall–Kier alpha value is -2.26. The van der Waals surface area contributed by atoms with Crippen LogP contribution in [0, 0.1) is 0 Å². The third kappa shape index (κ3) is 5.95. The Morgan fingerprint density at radius 3 is 2.69 bits per heavy atom. The highest BCUT2D eigenvalue weighted by Crippen LogP contribution is 2.27. The average molecular weight is 459 g/mol. The molecule has 2 aromatic heterocycles. The number of aromatic nitrogens is 2. The Kier molecular flexibility index (Phi) is 7.91. The molecule has 0 atom stereocenters. The van der Waals surface area contributed by atoms with Gasteiger partial charge in [-0.15, -0.1) is 0 Å². The second kappa shape index (κ2) is 11.0. The molecular weight excluding hydrogens is 424 g/mol. The van der Waals surface area contributed by atoms with Crippen molar-refractivity contribution in [2.45, 2.75) is 51.0 Å². The molecule has 0 spiro atoms. The molecule has 0 radical (unpaired) electrons. The van der Waals surface area contributed by atoms with Gasteiger partial charge < -0.3 is 20.0 Å². The first-order chi connectivity index (χ1) is 15.6. The lowest BCUT2D eigenvalue weighted by atomic mass is 9.94. The fourth-order valence-electron chi connectivity index (χ4n) is 4.58. The lowest BCUT2D eigenvalue weighted by Gasteiger charge is -2.34. The summed E-state index contributed by atoms with van der Waals surface area (Å²) in [5, 5.41) is 3.94. The number of carbonyl (C=O) groups excluding carboxylic acids is 2. The first-order valence-electron chi connectivity index (χ1n) is 11.8. The van der Waals surface area contributed by atoms with Gasteiger partial charge in [-0.05, 0) is 32.0 Å². The summed E-state index contributed by atoms with van der Waals surface area (Å²) >= 11 is 1.59. The molecule has 1 saturated heterocycles. The van der Waals surface area contributed by atoms with Gasteiger partial charge in [0.05, 0.1) is 0 Å². The highest BCUT2D eigenvalue weighted by molar-refractivity contribution is 7.21. The molecule has 9 heteroatoms. The van der Waals surface area contributed by atoms with Crippen molar-refractivity contribution in [1.82, 2.24) is 25.1 Å². The standard InChI is InChI=1S/C23H34N6O2S/c1-27(18-6-3-2-4-7-18)13-12-24-20(30)9-10-21(31)28-14-16-29(17-15-28)23-26-19-8-5-11-25-22(19)32-23/h5,8,11,18H,2-4,6-7,9-10,12-17H2,1H3,(H,24,30). The predicted octanol–water partition coefficient (Wildman–Crippen LogP) is 2.50. The summed E-state index contributed by atoms with van der Waals surface area (Å²) in [6, 6.07) is 4.52. The van der Waals surface area contributed by atoms with Gasteiger partial charge >= 0.3 is 0 Å². The summed E-state index contributed by atoms with van der Waals surface area (Å²) in [6.07, 6.45) is 8.83. The van der Waals surface area contributed by atoms with Gasteiger partial charge in [-0.25, -0.2) is 9.97 Å². The van der Waals surface area contributed by atoms with E-state index in [0.717, 1.165) is 35.1 Å². The zero-order chi connectivity index (χ0) is 22.3. The maximum atomic E-state index is 12.6. The first-order valence-corrected chi connectivity index (χ1v) is 12.6. The van der Waals surface area contributed by atoms with Crippen molar-refractivity contribution in [3.05, 3.63) is 18.3 Å². The number of amides is 2. The molecule has 2 fully saturated rings. The van der Waals surface area contributed by atoms with Crippen molar-refractivity contribution in [1.29, 1.82) is 0 Å². The normalized spacial score (nSPS) is 17.8. The van der Waals surface area contributed by atoms with Crippen LogP contribution in [0.25, 0.3) is 10.3 Å². The highest BCUT2D eigenvalue weighted by Gasteiger charge is 2.23. The Morgan fingerprint density at radius 2 is 1.94 bits per heavy atom. The molecule has 3 heterocycles. The first kappa shape index (κ1) is 22.9. The van der Waals surface area contributed by atoms with E-state index < -0.39 is 0 Å². The number of likely N-dealkylation sites (N-methyl/N-ethyl adjacent to an activating group) is 1. The number of thiazole rings is 1. The molecule has 0 aromatic carbocycles. The molecule has 2 aromatic rings. The van der Waals surface area contributed by atoms with Crippen molar-refractivity contribution in [3.63, 3.8) is 0 Å². The molecule has 1 aliphatic heterocycles. The molecule has 0 bridgehead atoms. The van der Waals surface area contributed by atoms with Gasteiger partial charge in [-0.3, -0.25) is 9.59 Å². The largest absolute Gasteiger partial charge is 0.355 e. The van der Waals surface area contributed by atoms with Crippen LogP contribution in [0.2, 0.25) is 0 Å². The number of nitrogens with one attached hydrogen (secondary N) is 1. The van der Waals surface area contributed by atoms with Crippen molar-refractivity contribution < 1.29 is 9.59 Å². The zero-order valence-electron chi connectivity index (χ0n) is 19.0. The van der Waals surface area contributed by atoms with Gasteiger partial charge in [0.15, 0.2) is 5.13 Å². The van der Waals surface area contributed by atoms with E-state index in [9.17, 15) is 9.59 Å². The maximum absolute atomic E-state index is 12.6. The fourth-order valence-corrected chi connectivity index (χ4v) is 5.54. The molecular formula is C23H34N6O2S. The van der Waals surface area contributed by atoms with Crippen LogP contribution in [0.5, 0.6) is 0 Å². The van der Waals surface area contributed by atoms with E-state index in [2.05, 4.69) is 32.1 Å². The monoisotopic (exact) mass is 458 g/mol. The Morgan fingerprint density at radius 1 is 1.16 bits per heavy atom. The predicted molar refractivity (Wildman–Crippen MR) is 128 cm³/mol. The van der Waals surface area contributed by atoms with Gasteiger partial charge in [-0.1, -0.05) is 30.6 Å². The second-order valence-electron chi connectivity index (χ2n) is 8.81. The van der Waals surface area contributed by atoms with E-state index in [0.29, 0.717) is 25.7 Å². The number of fused-ring (bicyclic) bond motifs is 1. The summed E-state index contributed by atoms with van der Waals surface area (Å²) in [5.74, 6) is 0.0288. The minimum atomic E-state index is -0.0315. The van der Waals surface area contributed by atoms with Crippen molar-refractivity contribution in [2.75, 3.05) is 51.2 Å². The van der Waals surface area contributed by atoms with Crippen LogP contribution in [0.3, 0.4) is 0 Å². The Balaban J connectivity index is 1.13. The number of rotatable bonds is 8. The lowest BCUT2D eigenvalue weighted by molar-refractivity contribution is -0.133. The molecule has 4 rings (SSSR count). The van der Waals surface area contributed by atoms with Crippen molar-refractivity contribution in [3.8, 4) is 0 Å². The zero-order valence-corrected chi connectivity index (χ0v) is 19.8. The maximum Gasteiger partial charge on any atom is 0.223 e. The number of nitrogens with zero attached hydrogens (tertiary/aromatic N) is 5. The van der Waals surface area contributed by atoms with Gasteiger partial charge in [0.2, 0.25) is 11.8 Å². The third-order valence-corrected chi connectivity index (χ3v) is 7.65. The van der Waals surface area contributed by atoms with E-state index in [1.807, 2.05) is 17.0 Å². The number of piperazine rings is 1. The minimum Gasteiger partial charge on any atom is -0.355 e. The molecule has 0 unspecified atom stereocenters. The van der Waals surface area contributed by atoms with Gasteiger partial charge in [0.25, 0.3) is 0 Å². The summed E-state index contributed by atoms with van der Waals surface area (Å²) in [4.78, 5) is 41.2. The van der Waals surface area contributed by atoms with Crippen LogP contribution in [-0.4, -0.2) is 83.9 Å². The van der Waals surface area contributed by atoms with E-state index in [-0.39, 0.29) is 24.7 Å². The summed E-state index contributed by atoms with van der Waals surface area (Å²) in [5.41, 5.74) is 0.918. The van der Waals surface area contributed by atoms with Crippen LogP contribution >= 0.6 is 11.3 Å². The molecule has 8 nitrogen and oxygen atoms in total. The van der Waals surface area contributed by atoms with Crippen LogP contribution in [-0.2, 0) is 9.59 Å². The minimum absolute atomic E-state index is 0.0315. The van der Waals surface area contributed by atoms with Crippen molar-refractivity contribution in [2.24, 2.45) is 0 Å². The summed E-state index contributed by atoms with van der Waals surface area (Å²) in [6.45, 7) is 4.35.